The fourth-order valence-electron chi connectivity index (χ4n) is 3.22. The van der Waals surface area contributed by atoms with Crippen molar-refractivity contribution in [1.29, 1.82) is 0 Å². The maximum atomic E-state index is 13.1. The standard InChI is InChI=1S/C21H23N5O2S/c1-13-4-6-15(7-5-13)12-22-20(27)19-18(16-8-10-17(28-3)11-9-16)25-26-14(2)23-24-21(26)29-19/h4-11,18-19,25H,12H2,1-3H3,(H,22,27). The third-order valence-electron chi connectivity index (χ3n) is 4.92. The Kier molecular flexibility index (Phi) is 5.44. The number of fused-ring (bicyclic) bond motifs is 1. The zero-order valence-corrected chi connectivity index (χ0v) is 17.4. The Morgan fingerprint density at radius 2 is 1.86 bits per heavy atom. The van der Waals surface area contributed by atoms with Gasteiger partial charge in [-0.1, -0.05) is 53.7 Å². The Morgan fingerprint density at radius 3 is 2.55 bits per heavy atom. The minimum Gasteiger partial charge on any atom is -0.497 e. The van der Waals surface area contributed by atoms with Gasteiger partial charge in [0.05, 0.1) is 13.2 Å². The molecule has 0 saturated heterocycles. The van der Waals surface area contributed by atoms with Crippen molar-refractivity contribution in [2.24, 2.45) is 0 Å². The second kappa shape index (κ2) is 8.16. The number of nitrogens with zero attached hydrogens (tertiary/aromatic N) is 3. The monoisotopic (exact) mass is 409 g/mol. The first-order chi connectivity index (χ1) is 14.0. The Labute approximate surface area is 173 Å². The van der Waals surface area contributed by atoms with Gasteiger partial charge in [-0.05, 0) is 37.1 Å². The normalized spacial score (nSPS) is 17.9. The molecule has 29 heavy (non-hydrogen) atoms. The number of hydrogen-bond acceptors (Lipinski definition) is 6. The van der Waals surface area contributed by atoms with E-state index in [4.69, 9.17) is 4.74 Å². The molecule has 0 aliphatic carbocycles. The maximum Gasteiger partial charge on any atom is 0.236 e. The van der Waals surface area contributed by atoms with Crippen LogP contribution in [0.3, 0.4) is 0 Å². The number of benzene rings is 2. The number of carbonyl (C=O) groups is 1. The molecule has 7 nitrogen and oxygen atoms in total. The lowest BCUT2D eigenvalue weighted by Gasteiger charge is -2.32. The highest BCUT2D eigenvalue weighted by atomic mass is 32.2. The summed E-state index contributed by atoms with van der Waals surface area (Å²) in [6, 6.07) is 15.7. The molecule has 1 aliphatic heterocycles. The number of carbonyl (C=O) groups excluding carboxylic acids is 1. The molecule has 1 aliphatic rings. The Bertz CT molecular complexity index is 1000. The molecule has 2 unspecified atom stereocenters. The molecular formula is C21H23N5O2S. The zero-order chi connectivity index (χ0) is 20.4. The van der Waals surface area contributed by atoms with Crippen molar-refractivity contribution >= 4 is 17.7 Å². The molecular weight excluding hydrogens is 386 g/mol. The largest absolute Gasteiger partial charge is 0.497 e. The van der Waals surface area contributed by atoms with Gasteiger partial charge in [0.15, 0.2) is 0 Å². The van der Waals surface area contributed by atoms with E-state index in [2.05, 4.69) is 20.9 Å². The van der Waals surface area contributed by atoms with Crippen molar-refractivity contribution < 1.29 is 9.53 Å². The molecule has 8 heteroatoms. The van der Waals surface area contributed by atoms with Crippen LogP contribution < -0.4 is 15.5 Å². The molecule has 0 saturated carbocycles. The van der Waals surface area contributed by atoms with E-state index >= 15 is 0 Å². The van der Waals surface area contributed by atoms with Crippen molar-refractivity contribution in [3.05, 3.63) is 71.0 Å². The van der Waals surface area contributed by atoms with E-state index in [9.17, 15) is 4.79 Å². The predicted molar refractivity (Wildman–Crippen MR) is 113 cm³/mol. The summed E-state index contributed by atoms with van der Waals surface area (Å²) in [5.74, 6) is 1.49. The van der Waals surface area contributed by atoms with Crippen LogP contribution in [-0.4, -0.2) is 33.1 Å². The highest BCUT2D eigenvalue weighted by molar-refractivity contribution is 8.00. The number of thioether (sulfide) groups is 1. The van der Waals surface area contributed by atoms with E-state index in [1.165, 1.54) is 17.3 Å². The summed E-state index contributed by atoms with van der Waals surface area (Å²) >= 11 is 1.42. The summed E-state index contributed by atoms with van der Waals surface area (Å²) in [6.45, 7) is 4.41. The summed E-state index contributed by atoms with van der Waals surface area (Å²) in [5, 5.41) is 11.7. The zero-order valence-electron chi connectivity index (χ0n) is 16.5. The Morgan fingerprint density at radius 1 is 1.14 bits per heavy atom. The van der Waals surface area contributed by atoms with Crippen LogP contribution in [0.1, 0.15) is 28.6 Å². The van der Waals surface area contributed by atoms with Crippen LogP contribution in [0, 0.1) is 13.8 Å². The van der Waals surface area contributed by atoms with Gasteiger partial charge in [0.2, 0.25) is 11.1 Å². The average Bonchev–Trinajstić information content (AvgIpc) is 3.12. The molecule has 0 fully saturated rings. The summed E-state index contributed by atoms with van der Waals surface area (Å²) in [5.41, 5.74) is 6.66. The van der Waals surface area contributed by atoms with E-state index in [-0.39, 0.29) is 17.2 Å². The summed E-state index contributed by atoms with van der Waals surface area (Å²) < 4.78 is 7.10. The van der Waals surface area contributed by atoms with Gasteiger partial charge in [0.25, 0.3) is 0 Å². The molecule has 0 bridgehead atoms. The summed E-state index contributed by atoms with van der Waals surface area (Å²) in [6.07, 6.45) is 0. The van der Waals surface area contributed by atoms with Gasteiger partial charge in [-0.25, -0.2) is 4.68 Å². The van der Waals surface area contributed by atoms with E-state index in [1.807, 2.05) is 67.1 Å². The number of methoxy groups -OCH3 is 1. The number of amides is 1. The van der Waals surface area contributed by atoms with Gasteiger partial charge in [-0.3, -0.25) is 4.79 Å². The van der Waals surface area contributed by atoms with Crippen LogP contribution in [-0.2, 0) is 11.3 Å². The highest BCUT2D eigenvalue weighted by Gasteiger charge is 2.37. The lowest BCUT2D eigenvalue weighted by Crippen LogP contribution is -2.44. The predicted octanol–water partition coefficient (Wildman–Crippen LogP) is 2.98. The quantitative estimate of drug-likeness (QED) is 0.674. The van der Waals surface area contributed by atoms with Crippen molar-refractivity contribution in [3.63, 3.8) is 0 Å². The number of rotatable bonds is 5. The first-order valence-electron chi connectivity index (χ1n) is 9.37. The lowest BCUT2D eigenvalue weighted by atomic mass is 10.0. The van der Waals surface area contributed by atoms with E-state index in [1.54, 1.807) is 7.11 Å². The van der Waals surface area contributed by atoms with Crippen LogP contribution in [0.25, 0.3) is 0 Å². The number of ether oxygens (including phenoxy) is 1. The van der Waals surface area contributed by atoms with Crippen molar-refractivity contribution in [2.45, 2.75) is 36.8 Å². The minimum atomic E-state index is -0.384. The highest BCUT2D eigenvalue weighted by Crippen LogP contribution is 2.37. The summed E-state index contributed by atoms with van der Waals surface area (Å²) in [4.78, 5) is 13.1. The van der Waals surface area contributed by atoms with Gasteiger partial charge in [0.1, 0.15) is 16.8 Å². The number of aromatic nitrogens is 3. The van der Waals surface area contributed by atoms with Crippen LogP contribution in [0.2, 0.25) is 0 Å². The Balaban J connectivity index is 1.57. The molecule has 0 radical (unpaired) electrons. The molecule has 1 amide bonds. The van der Waals surface area contributed by atoms with Gasteiger partial charge in [-0.15, -0.1) is 10.2 Å². The fraction of sp³-hybridized carbons (Fsp3) is 0.286. The molecule has 2 aromatic carbocycles. The second-order valence-corrected chi connectivity index (χ2v) is 8.10. The lowest BCUT2D eigenvalue weighted by molar-refractivity contribution is -0.121. The van der Waals surface area contributed by atoms with E-state index < -0.39 is 0 Å². The SMILES string of the molecule is COc1ccc(C2Nn3c(C)nnc3SC2C(=O)NCc2ccc(C)cc2)cc1. The van der Waals surface area contributed by atoms with Crippen LogP contribution >= 0.6 is 11.8 Å². The van der Waals surface area contributed by atoms with Crippen molar-refractivity contribution in [3.8, 4) is 5.75 Å². The van der Waals surface area contributed by atoms with Gasteiger partial charge < -0.3 is 15.5 Å². The summed E-state index contributed by atoms with van der Waals surface area (Å²) in [7, 11) is 1.64. The second-order valence-electron chi connectivity index (χ2n) is 6.99. The van der Waals surface area contributed by atoms with E-state index in [0.29, 0.717) is 11.7 Å². The van der Waals surface area contributed by atoms with Crippen molar-refractivity contribution in [2.75, 3.05) is 12.5 Å². The molecule has 1 aromatic heterocycles. The number of aryl methyl sites for hydroxylation is 2. The average molecular weight is 410 g/mol. The van der Waals surface area contributed by atoms with Crippen molar-refractivity contribution in [1.82, 2.24) is 20.2 Å². The Hall–Kier alpha value is -3.00. The molecule has 4 rings (SSSR count). The number of nitrogens with one attached hydrogen (secondary N) is 2. The molecule has 150 valence electrons. The molecule has 2 N–H and O–H groups in total. The smallest absolute Gasteiger partial charge is 0.236 e. The minimum absolute atomic E-state index is 0.0456. The van der Waals surface area contributed by atoms with E-state index in [0.717, 1.165) is 22.7 Å². The van der Waals surface area contributed by atoms with Gasteiger partial charge >= 0.3 is 0 Å². The van der Waals surface area contributed by atoms with Gasteiger partial charge in [0, 0.05) is 6.54 Å². The molecule has 0 spiro atoms. The molecule has 2 heterocycles. The maximum absolute atomic E-state index is 13.1. The third kappa shape index (κ3) is 4.07. The topological polar surface area (TPSA) is 81.1 Å². The first-order valence-corrected chi connectivity index (χ1v) is 10.3. The molecule has 3 aromatic rings. The fourth-order valence-corrected chi connectivity index (χ4v) is 4.37. The number of hydrogen-bond donors (Lipinski definition) is 2. The third-order valence-corrected chi connectivity index (χ3v) is 6.13. The van der Waals surface area contributed by atoms with Crippen LogP contribution in [0.4, 0.5) is 0 Å². The van der Waals surface area contributed by atoms with Crippen LogP contribution in [0.5, 0.6) is 5.75 Å². The first kappa shape index (κ1) is 19.3. The van der Waals surface area contributed by atoms with Gasteiger partial charge in [-0.2, -0.15) is 0 Å². The molecule has 2 atom stereocenters. The van der Waals surface area contributed by atoms with Crippen LogP contribution in [0.15, 0.2) is 53.7 Å².